The molecule has 0 radical (unpaired) electrons. The van der Waals surface area contributed by atoms with E-state index in [4.69, 9.17) is 5.73 Å². The number of nitrogens with one attached hydrogen (secondary N) is 3. The van der Waals surface area contributed by atoms with Gasteiger partial charge in [-0.05, 0) is 44.7 Å². The summed E-state index contributed by atoms with van der Waals surface area (Å²) in [6, 6.07) is -1.14. The van der Waals surface area contributed by atoms with Gasteiger partial charge in [-0.3, -0.25) is 4.79 Å². The molecule has 3 amide bonds. The van der Waals surface area contributed by atoms with E-state index in [0.717, 1.165) is 32.4 Å². The maximum atomic E-state index is 12.0. The Balaban J connectivity index is 0.00000400. The molecule has 7 heteroatoms. The van der Waals surface area contributed by atoms with Crippen LogP contribution in [0.4, 0.5) is 4.79 Å². The molecule has 1 rings (SSSR count). The summed E-state index contributed by atoms with van der Waals surface area (Å²) in [5.41, 5.74) is 5.11. The van der Waals surface area contributed by atoms with Gasteiger partial charge in [0, 0.05) is 6.54 Å². The fourth-order valence-corrected chi connectivity index (χ4v) is 2.54. The van der Waals surface area contributed by atoms with Crippen LogP contribution in [-0.4, -0.2) is 37.6 Å². The van der Waals surface area contributed by atoms with Gasteiger partial charge < -0.3 is 21.7 Å². The number of carbonyl (C=O) groups excluding carboxylic acids is 2. The van der Waals surface area contributed by atoms with Crippen molar-refractivity contribution in [3.8, 4) is 0 Å². The van der Waals surface area contributed by atoms with Crippen LogP contribution >= 0.6 is 12.4 Å². The van der Waals surface area contributed by atoms with Crippen molar-refractivity contribution in [2.45, 2.75) is 51.5 Å². The molecule has 0 saturated carbocycles. The molecule has 1 fully saturated rings. The molecule has 0 aromatic rings. The Morgan fingerprint density at radius 1 is 1.43 bits per heavy atom. The lowest BCUT2D eigenvalue weighted by Gasteiger charge is -2.23. The Kier molecular flexibility index (Phi) is 11.1. The van der Waals surface area contributed by atoms with Crippen LogP contribution in [-0.2, 0) is 4.79 Å². The molecule has 2 unspecified atom stereocenters. The summed E-state index contributed by atoms with van der Waals surface area (Å²) < 4.78 is 0. The second kappa shape index (κ2) is 11.6. The fraction of sp³-hybridized carbons (Fsp3) is 0.857. The van der Waals surface area contributed by atoms with Crippen LogP contribution in [0.15, 0.2) is 0 Å². The molecule has 1 aliphatic heterocycles. The second-order valence-corrected chi connectivity index (χ2v) is 5.50. The second-order valence-electron chi connectivity index (χ2n) is 5.50. The minimum absolute atomic E-state index is 0. The van der Waals surface area contributed by atoms with Crippen molar-refractivity contribution >= 4 is 24.3 Å². The Labute approximate surface area is 133 Å². The van der Waals surface area contributed by atoms with E-state index >= 15 is 0 Å². The number of rotatable bonds is 8. The van der Waals surface area contributed by atoms with Crippen LogP contribution in [0.3, 0.4) is 0 Å². The van der Waals surface area contributed by atoms with Gasteiger partial charge in [0.05, 0.1) is 0 Å². The number of urea groups is 1. The van der Waals surface area contributed by atoms with Gasteiger partial charge in [0.2, 0.25) is 5.91 Å². The number of amides is 3. The van der Waals surface area contributed by atoms with Crippen LogP contribution < -0.4 is 21.7 Å². The molecule has 0 aromatic heterocycles. The molecule has 0 aliphatic carbocycles. The molecule has 5 N–H and O–H groups in total. The predicted octanol–water partition coefficient (Wildman–Crippen LogP) is 1.14. The van der Waals surface area contributed by atoms with Gasteiger partial charge in [-0.25, -0.2) is 4.79 Å². The van der Waals surface area contributed by atoms with Crippen LogP contribution in [0.5, 0.6) is 0 Å². The van der Waals surface area contributed by atoms with E-state index in [2.05, 4.69) is 22.9 Å². The Hall–Kier alpha value is -1.01. The molecule has 6 nitrogen and oxygen atoms in total. The van der Waals surface area contributed by atoms with Crippen molar-refractivity contribution in [1.29, 1.82) is 0 Å². The van der Waals surface area contributed by atoms with E-state index < -0.39 is 12.1 Å². The van der Waals surface area contributed by atoms with Gasteiger partial charge in [-0.1, -0.05) is 19.8 Å². The lowest BCUT2D eigenvalue weighted by Crippen LogP contribution is -2.49. The van der Waals surface area contributed by atoms with E-state index in [-0.39, 0.29) is 18.3 Å². The Bertz CT molecular complexity index is 309. The topological polar surface area (TPSA) is 96.2 Å². The van der Waals surface area contributed by atoms with Gasteiger partial charge in [0.25, 0.3) is 0 Å². The molecule has 0 spiro atoms. The highest BCUT2D eigenvalue weighted by Crippen LogP contribution is 2.12. The third-order valence-electron chi connectivity index (χ3n) is 3.73. The number of hydrogen-bond acceptors (Lipinski definition) is 3. The quantitative estimate of drug-likeness (QED) is 0.540. The molecule has 2 atom stereocenters. The van der Waals surface area contributed by atoms with Gasteiger partial charge in [0.1, 0.15) is 6.04 Å². The van der Waals surface area contributed by atoms with Crippen LogP contribution in [0.2, 0.25) is 0 Å². The lowest BCUT2D eigenvalue weighted by molar-refractivity contribution is -0.123. The first-order valence-corrected chi connectivity index (χ1v) is 7.68. The average molecular weight is 321 g/mol. The zero-order chi connectivity index (χ0) is 14.8. The minimum atomic E-state index is -0.641. The normalized spacial score (nSPS) is 19.2. The van der Waals surface area contributed by atoms with Crippen LogP contribution in [0.25, 0.3) is 0 Å². The van der Waals surface area contributed by atoms with Gasteiger partial charge >= 0.3 is 6.03 Å². The highest BCUT2D eigenvalue weighted by Gasteiger charge is 2.19. The number of hydrogen-bond donors (Lipinski definition) is 4. The van der Waals surface area contributed by atoms with E-state index in [1.807, 2.05) is 0 Å². The standard InChI is InChI=1S/C14H28N4O2.ClH/c1-2-3-6-12(18-14(15)20)13(19)17-9-7-11-5-4-8-16-10-11;/h11-12,16H,2-10H2,1H3,(H,17,19)(H3,15,18,20);1H. The van der Waals surface area contributed by atoms with Crippen molar-refractivity contribution in [3.05, 3.63) is 0 Å². The van der Waals surface area contributed by atoms with E-state index in [9.17, 15) is 9.59 Å². The third-order valence-corrected chi connectivity index (χ3v) is 3.73. The number of piperidine rings is 1. The van der Waals surface area contributed by atoms with Crippen molar-refractivity contribution in [2.75, 3.05) is 19.6 Å². The zero-order valence-corrected chi connectivity index (χ0v) is 13.6. The maximum absolute atomic E-state index is 12.0. The summed E-state index contributed by atoms with van der Waals surface area (Å²) in [5.74, 6) is 0.517. The molecule has 1 saturated heterocycles. The molecule has 0 aromatic carbocycles. The van der Waals surface area contributed by atoms with Crippen LogP contribution in [0, 0.1) is 5.92 Å². The zero-order valence-electron chi connectivity index (χ0n) is 12.8. The molecule has 124 valence electrons. The largest absolute Gasteiger partial charge is 0.354 e. The van der Waals surface area contributed by atoms with Gasteiger partial charge in [-0.2, -0.15) is 0 Å². The monoisotopic (exact) mass is 320 g/mol. The lowest BCUT2D eigenvalue weighted by atomic mass is 9.96. The number of unbranched alkanes of at least 4 members (excludes halogenated alkanes) is 1. The summed E-state index contributed by atoms with van der Waals surface area (Å²) in [7, 11) is 0. The van der Waals surface area contributed by atoms with E-state index in [1.165, 1.54) is 12.8 Å². The van der Waals surface area contributed by atoms with E-state index in [1.54, 1.807) is 0 Å². The SMILES string of the molecule is CCCCC(NC(N)=O)C(=O)NCCC1CCCNC1.Cl. The molecule has 1 heterocycles. The van der Waals surface area contributed by atoms with E-state index in [0.29, 0.717) is 18.9 Å². The average Bonchev–Trinajstić information content (AvgIpc) is 2.44. The highest BCUT2D eigenvalue weighted by molar-refractivity contribution is 5.86. The summed E-state index contributed by atoms with van der Waals surface area (Å²) >= 11 is 0. The molecule has 1 aliphatic rings. The van der Waals surface area contributed by atoms with Crippen molar-refractivity contribution in [2.24, 2.45) is 11.7 Å². The first-order valence-electron chi connectivity index (χ1n) is 7.68. The number of halogens is 1. The first kappa shape index (κ1) is 20.0. The fourth-order valence-electron chi connectivity index (χ4n) is 2.54. The Morgan fingerprint density at radius 2 is 2.19 bits per heavy atom. The van der Waals surface area contributed by atoms with Gasteiger partial charge in [0.15, 0.2) is 0 Å². The van der Waals surface area contributed by atoms with Crippen molar-refractivity contribution < 1.29 is 9.59 Å². The number of primary amides is 1. The summed E-state index contributed by atoms with van der Waals surface area (Å²) in [6.45, 7) is 4.85. The van der Waals surface area contributed by atoms with Crippen molar-refractivity contribution in [3.63, 3.8) is 0 Å². The Morgan fingerprint density at radius 3 is 2.76 bits per heavy atom. The summed E-state index contributed by atoms with van der Waals surface area (Å²) in [6.07, 6.45) is 5.93. The van der Waals surface area contributed by atoms with Crippen molar-refractivity contribution in [1.82, 2.24) is 16.0 Å². The molecular weight excluding hydrogens is 292 g/mol. The number of nitrogens with two attached hydrogens (primary N) is 1. The number of carbonyl (C=O) groups is 2. The van der Waals surface area contributed by atoms with Crippen LogP contribution in [0.1, 0.15) is 45.4 Å². The summed E-state index contributed by atoms with van der Waals surface area (Å²) in [4.78, 5) is 23.0. The first-order chi connectivity index (χ1) is 9.63. The maximum Gasteiger partial charge on any atom is 0.312 e. The van der Waals surface area contributed by atoms with Gasteiger partial charge in [-0.15, -0.1) is 12.4 Å². The minimum Gasteiger partial charge on any atom is -0.354 e. The molecular formula is C14H29ClN4O2. The smallest absolute Gasteiger partial charge is 0.312 e. The third kappa shape index (κ3) is 8.78. The highest BCUT2D eigenvalue weighted by atomic mass is 35.5. The molecule has 0 bridgehead atoms. The summed E-state index contributed by atoms with van der Waals surface area (Å²) in [5, 5.41) is 8.79. The molecule has 21 heavy (non-hydrogen) atoms. The predicted molar refractivity (Wildman–Crippen MR) is 86.5 cm³/mol.